The maximum absolute atomic E-state index is 13.3. The number of alkyl halides is 2. The molecule has 0 aromatic rings. The van der Waals surface area contributed by atoms with Crippen molar-refractivity contribution < 1.29 is 45.9 Å². The van der Waals surface area contributed by atoms with Gasteiger partial charge in [-0.25, -0.2) is 13.2 Å². The number of hydrogen-bond donors (Lipinski definition) is 1. The van der Waals surface area contributed by atoms with Gasteiger partial charge in [0.15, 0.2) is 22.3 Å². The first-order valence-corrected chi connectivity index (χ1v) is 9.24. The van der Waals surface area contributed by atoms with Gasteiger partial charge in [-0.1, -0.05) is 0 Å². The average Bonchev–Trinajstić information content (AvgIpc) is 2.99. The second-order valence-corrected chi connectivity index (χ2v) is 9.29. The Morgan fingerprint density at radius 3 is 2.46 bits per heavy atom. The van der Waals surface area contributed by atoms with Crippen LogP contribution in [0.2, 0.25) is 0 Å². The van der Waals surface area contributed by atoms with Crippen molar-refractivity contribution in [1.82, 2.24) is 0 Å². The number of ether oxygens (including phenoxy) is 2. The lowest BCUT2D eigenvalue weighted by molar-refractivity contribution is -0.175. The Morgan fingerprint density at radius 1 is 1.38 bits per heavy atom. The number of carbonyl (C=O) groups excluding carboxylic acids is 2. The third kappa shape index (κ3) is 2.34. The minimum Gasteiger partial charge on any atom is -0.743 e. The van der Waals surface area contributed by atoms with Gasteiger partial charge < -0.3 is 19.1 Å². The molecule has 0 saturated carbocycles. The number of carbonyl (C=O) groups is 2. The summed E-state index contributed by atoms with van der Waals surface area (Å²) < 4.78 is 67.9. The molecule has 3 aliphatic rings. The summed E-state index contributed by atoms with van der Waals surface area (Å²) in [5.41, 5.74) is -1.39. The molecule has 0 aromatic carbocycles. The van der Waals surface area contributed by atoms with Crippen LogP contribution >= 0.6 is 11.8 Å². The molecule has 0 aromatic heterocycles. The fourth-order valence-electron chi connectivity index (χ4n) is 3.59. The summed E-state index contributed by atoms with van der Waals surface area (Å²) in [6, 6.07) is 0. The summed E-state index contributed by atoms with van der Waals surface area (Å²) in [6.45, 7) is 2.85. The van der Waals surface area contributed by atoms with Gasteiger partial charge in [0.25, 0.3) is 0 Å². The van der Waals surface area contributed by atoms with Crippen LogP contribution in [-0.2, 0) is 29.2 Å². The first-order valence-electron chi connectivity index (χ1n) is 6.89. The first-order chi connectivity index (χ1) is 10.8. The largest absolute Gasteiger partial charge is 0.743 e. The van der Waals surface area contributed by atoms with Crippen molar-refractivity contribution in [2.45, 2.75) is 47.4 Å². The van der Waals surface area contributed by atoms with E-state index in [2.05, 4.69) is 4.74 Å². The van der Waals surface area contributed by atoms with Gasteiger partial charge in [-0.15, -0.1) is 11.8 Å². The van der Waals surface area contributed by atoms with Crippen LogP contribution in [-0.4, -0.2) is 63.6 Å². The Bertz CT molecular complexity index is 700. The van der Waals surface area contributed by atoms with Crippen molar-refractivity contribution in [3.8, 4) is 0 Å². The Hall–Kier alpha value is -0.980. The molecule has 12 heteroatoms. The fraction of sp³-hybridized carbons (Fsp3) is 0.833. The van der Waals surface area contributed by atoms with E-state index in [-0.39, 0.29) is 0 Å². The zero-order valence-corrected chi connectivity index (χ0v) is 14.0. The highest BCUT2D eigenvalue weighted by molar-refractivity contribution is 8.01. The highest BCUT2D eigenvalue weighted by Crippen LogP contribution is 2.61. The van der Waals surface area contributed by atoms with Crippen LogP contribution < -0.4 is 0 Å². The fourth-order valence-corrected chi connectivity index (χ4v) is 6.06. The van der Waals surface area contributed by atoms with Gasteiger partial charge >= 0.3 is 17.2 Å². The Labute approximate surface area is 139 Å². The van der Waals surface area contributed by atoms with Crippen LogP contribution in [0.25, 0.3) is 0 Å². The van der Waals surface area contributed by atoms with Gasteiger partial charge in [0.05, 0.1) is 22.0 Å². The summed E-state index contributed by atoms with van der Waals surface area (Å²) in [4.78, 5) is 23.4. The molecule has 2 bridgehead atoms. The molecule has 136 valence electrons. The SMILES string of the molecule is CC(C)(O)C1C2SC3C(OC(=O)C31)C2OC(=O)C(F)(F)S(=O)(=O)[O-]. The third-order valence-electron chi connectivity index (χ3n) is 4.52. The van der Waals surface area contributed by atoms with Gasteiger partial charge in [0.2, 0.25) is 0 Å². The molecule has 3 aliphatic heterocycles. The Balaban J connectivity index is 1.89. The van der Waals surface area contributed by atoms with Crippen LogP contribution in [0.3, 0.4) is 0 Å². The number of thioether (sulfide) groups is 1. The zero-order chi connectivity index (χ0) is 18.2. The van der Waals surface area contributed by atoms with Crippen LogP contribution in [0.15, 0.2) is 0 Å². The van der Waals surface area contributed by atoms with Crippen molar-refractivity contribution in [3.05, 3.63) is 0 Å². The first kappa shape index (κ1) is 17.8. The molecule has 3 saturated heterocycles. The molecule has 0 amide bonds. The van der Waals surface area contributed by atoms with Crippen molar-refractivity contribution >= 4 is 33.8 Å². The molecule has 0 aliphatic carbocycles. The number of esters is 2. The summed E-state index contributed by atoms with van der Waals surface area (Å²) in [5.74, 6) is -4.53. The molecule has 8 nitrogen and oxygen atoms in total. The van der Waals surface area contributed by atoms with E-state index in [9.17, 15) is 36.4 Å². The maximum Gasteiger partial charge on any atom is 0.428 e. The molecule has 0 radical (unpaired) electrons. The Morgan fingerprint density at radius 2 is 1.96 bits per heavy atom. The molecule has 6 atom stereocenters. The highest BCUT2D eigenvalue weighted by Gasteiger charge is 2.71. The molecular weight excluding hydrogens is 374 g/mol. The number of rotatable bonds is 4. The van der Waals surface area contributed by atoms with E-state index in [1.807, 2.05) is 0 Å². The zero-order valence-electron chi connectivity index (χ0n) is 12.3. The second kappa shape index (κ2) is 5.02. The smallest absolute Gasteiger partial charge is 0.428 e. The monoisotopic (exact) mass is 387 g/mol. The molecule has 1 N–H and O–H groups in total. The van der Waals surface area contributed by atoms with Crippen molar-refractivity contribution in [3.63, 3.8) is 0 Å². The van der Waals surface area contributed by atoms with Gasteiger partial charge in [-0.05, 0) is 13.8 Å². The van der Waals surface area contributed by atoms with Gasteiger partial charge in [-0.3, -0.25) is 4.79 Å². The lowest BCUT2D eigenvalue weighted by Gasteiger charge is -2.37. The summed E-state index contributed by atoms with van der Waals surface area (Å²) in [6.07, 6.45) is -2.37. The quantitative estimate of drug-likeness (QED) is 0.499. The predicted molar refractivity (Wildman–Crippen MR) is 72.8 cm³/mol. The van der Waals surface area contributed by atoms with Crippen LogP contribution in [0, 0.1) is 11.8 Å². The van der Waals surface area contributed by atoms with Crippen molar-refractivity contribution in [2.75, 3.05) is 0 Å². The minimum atomic E-state index is -6.24. The second-order valence-electron chi connectivity index (χ2n) is 6.51. The standard InChI is InChI=1S/C12H14F2O8S2/c1-11(2,17)4-3-7-5(21-9(3)15)6(8(4)23-7)22-10(16)12(13,14)24(18,19)20/h3-8,17H,1-2H3,(H,18,19,20)/p-1. The minimum absolute atomic E-state index is 0.491. The lowest BCUT2D eigenvalue weighted by atomic mass is 9.71. The van der Waals surface area contributed by atoms with Crippen molar-refractivity contribution in [2.24, 2.45) is 11.8 Å². The number of aliphatic hydroxyl groups is 1. The van der Waals surface area contributed by atoms with Gasteiger partial charge in [-0.2, -0.15) is 8.78 Å². The maximum atomic E-state index is 13.3. The van der Waals surface area contributed by atoms with Crippen LogP contribution in [0.1, 0.15) is 13.8 Å². The number of hydrogen-bond acceptors (Lipinski definition) is 9. The molecular formula is C12H13F2O8S2-. The van der Waals surface area contributed by atoms with E-state index >= 15 is 0 Å². The molecule has 6 unspecified atom stereocenters. The van der Waals surface area contributed by atoms with E-state index < -0.39 is 67.5 Å². The molecule has 3 fully saturated rings. The van der Waals surface area contributed by atoms with Crippen molar-refractivity contribution in [1.29, 1.82) is 0 Å². The van der Waals surface area contributed by atoms with Gasteiger partial charge in [0.1, 0.15) is 0 Å². The van der Waals surface area contributed by atoms with Crippen LogP contribution in [0.4, 0.5) is 8.78 Å². The third-order valence-corrected chi connectivity index (χ3v) is 7.06. The van der Waals surface area contributed by atoms with E-state index in [0.717, 1.165) is 11.8 Å². The van der Waals surface area contributed by atoms with Crippen LogP contribution in [0.5, 0.6) is 0 Å². The topological polar surface area (TPSA) is 130 Å². The van der Waals surface area contributed by atoms with E-state index in [1.165, 1.54) is 13.8 Å². The molecule has 0 spiro atoms. The number of halogens is 2. The Kier molecular flexibility index (Phi) is 3.73. The lowest BCUT2D eigenvalue weighted by Crippen LogP contribution is -2.53. The summed E-state index contributed by atoms with van der Waals surface area (Å²) in [5, 5.41) is 3.80. The average molecular weight is 387 g/mol. The van der Waals surface area contributed by atoms with E-state index in [0.29, 0.717) is 0 Å². The van der Waals surface area contributed by atoms with E-state index in [1.54, 1.807) is 0 Å². The molecule has 24 heavy (non-hydrogen) atoms. The summed E-state index contributed by atoms with van der Waals surface area (Å²) in [7, 11) is -6.24. The molecule has 3 rings (SSSR count). The normalized spacial score (nSPS) is 38.3. The molecule has 3 heterocycles. The van der Waals surface area contributed by atoms with E-state index in [4.69, 9.17) is 4.74 Å². The highest BCUT2D eigenvalue weighted by atomic mass is 32.2. The summed E-state index contributed by atoms with van der Waals surface area (Å²) >= 11 is 1.16. The van der Waals surface area contributed by atoms with Gasteiger partial charge in [0, 0.05) is 5.92 Å². The predicted octanol–water partition coefficient (Wildman–Crippen LogP) is -0.538. The number of fused-ring (bicyclic) bond motifs is 1.